The van der Waals surface area contributed by atoms with Gasteiger partial charge in [-0.1, -0.05) is 0 Å². The summed E-state index contributed by atoms with van der Waals surface area (Å²) in [5, 5.41) is 3.39. The van der Waals surface area contributed by atoms with Gasteiger partial charge in [0.2, 0.25) is 0 Å². The van der Waals surface area contributed by atoms with Gasteiger partial charge in [-0.05, 0) is 44.5 Å². The predicted molar refractivity (Wildman–Crippen MR) is 70.1 cm³/mol. The lowest BCUT2D eigenvalue weighted by Gasteiger charge is -2.05. The summed E-state index contributed by atoms with van der Waals surface area (Å²) in [5.74, 6) is 0. The third-order valence-electron chi connectivity index (χ3n) is 2.54. The van der Waals surface area contributed by atoms with E-state index in [4.69, 9.17) is 0 Å². The van der Waals surface area contributed by atoms with Crippen LogP contribution in [-0.2, 0) is 6.54 Å². The fraction of sp³-hybridized carbons (Fsp3) is 0.308. The second kappa shape index (κ2) is 4.66. The fourth-order valence-corrected chi connectivity index (χ4v) is 2.57. The van der Waals surface area contributed by atoms with Crippen LogP contribution in [0.4, 0.5) is 5.69 Å². The molecule has 0 bridgehead atoms. The molecular weight excluding hydrogens is 216 g/mol. The number of anilines is 1. The van der Waals surface area contributed by atoms with Gasteiger partial charge >= 0.3 is 0 Å². The minimum Gasteiger partial charge on any atom is -0.380 e. The molecule has 16 heavy (non-hydrogen) atoms. The van der Waals surface area contributed by atoms with Gasteiger partial charge in [0.1, 0.15) is 0 Å². The lowest BCUT2D eigenvalue weighted by molar-refractivity contribution is 1.12. The maximum absolute atomic E-state index is 4.26. The topological polar surface area (TPSA) is 24.9 Å². The number of rotatable bonds is 3. The summed E-state index contributed by atoms with van der Waals surface area (Å²) < 4.78 is 0. The van der Waals surface area contributed by atoms with Gasteiger partial charge in [0.25, 0.3) is 0 Å². The Morgan fingerprint density at radius 3 is 2.62 bits per heavy atom. The Bertz CT molecular complexity index is 471. The average Bonchev–Trinajstić information content (AvgIpc) is 2.57. The Hall–Kier alpha value is -1.35. The minimum atomic E-state index is 0.876. The molecule has 0 amide bonds. The molecule has 1 N–H and O–H groups in total. The molecule has 2 nitrogen and oxygen atoms in total. The molecule has 0 fully saturated rings. The van der Waals surface area contributed by atoms with Crippen molar-refractivity contribution in [3.8, 4) is 0 Å². The van der Waals surface area contributed by atoms with E-state index in [0.717, 1.165) is 17.9 Å². The summed E-state index contributed by atoms with van der Waals surface area (Å²) in [6.07, 6.45) is 1.88. The highest BCUT2D eigenvalue weighted by molar-refractivity contribution is 7.12. The third-order valence-corrected chi connectivity index (χ3v) is 3.55. The Morgan fingerprint density at radius 1 is 1.25 bits per heavy atom. The van der Waals surface area contributed by atoms with Crippen LogP contribution < -0.4 is 5.32 Å². The molecule has 3 heteroatoms. The Kier molecular flexibility index (Phi) is 3.25. The number of aromatic nitrogens is 1. The zero-order valence-electron chi connectivity index (χ0n) is 9.87. The Labute approximate surface area is 100 Å². The zero-order chi connectivity index (χ0) is 11.5. The van der Waals surface area contributed by atoms with Gasteiger partial charge in [-0.3, -0.25) is 4.98 Å². The summed E-state index contributed by atoms with van der Waals surface area (Å²) in [5.41, 5.74) is 3.50. The van der Waals surface area contributed by atoms with E-state index >= 15 is 0 Å². The number of nitrogens with one attached hydrogen (secondary N) is 1. The second-order valence-electron chi connectivity index (χ2n) is 3.98. The van der Waals surface area contributed by atoms with Crippen molar-refractivity contribution in [2.45, 2.75) is 27.3 Å². The normalized spacial score (nSPS) is 10.4. The van der Waals surface area contributed by atoms with E-state index in [1.54, 1.807) is 0 Å². The maximum Gasteiger partial charge on any atom is 0.0529 e. The van der Waals surface area contributed by atoms with Crippen molar-refractivity contribution < 1.29 is 0 Å². The smallest absolute Gasteiger partial charge is 0.0529 e. The average molecular weight is 232 g/mol. The predicted octanol–water partition coefficient (Wildman–Crippen LogP) is 3.68. The van der Waals surface area contributed by atoms with Crippen LogP contribution >= 0.6 is 11.3 Å². The standard InChI is InChI=1S/C13H16N2S/c1-9-4-5-13(8-14-9)15-7-12-6-10(2)16-11(12)3/h4-6,8,15H,7H2,1-3H3. The van der Waals surface area contributed by atoms with Gasteiger partial charge in [-0.2, -0.15) is 0 Å². The van der Waals surface area contributed by atoms with Crippen molar-refractivity contribution in [2.24, 2.45) is 0 Å². The summed E-state index contributed by atoms with van der Waals surface area (Å²) in [7, 11) is 0. The van der Waals surface area contributed by atoms with Gasteiger partial charge in [0.05, 0.1) is 11.9 Å². The lowest BCUT2D eigenvalue weighted by Crippen LogP contribution is -1.99. The molecular formula is C13H16N2S. The molecule has 0 radical (unpaired) electrons. The van der Waals surface area contributed by atoms with Crippen LogP contribution in [0.25, 0.3) is 0 Å². The second-order valence-corrected chi connectivity index (χ2v) is 5.44. The molecule has 0 aromatic carbocycles. The van der Waals surface area contributed by atoms with Gasteiger partial charge in [0, 0.05) is 22.0 Å². The fourth-order valence-electron chi connectivity index (χ4n) is 1.63. The molecule has 0 aliphatic rings. The highest BCUT2D eigenvalue weighted by atomic mass is 32.1. The molecule has 0 aliphatic carbocycles. The number of pyridine rings is 1. The molecule has 0 atom stereocenters. The van der Waals surface area contributed by atoms with E-state index in [0.29, 0.717) is 0 Å². The van der Waals surface area contributed by atoms with Gasteiger partial charge < -0.3 is 5.32 Å². The van der Waals surface area contributed by atoms with Crippen LogP contribution in [0.15, 0.2) is 24.4 Å². The molecule has 0 spiro atoms. The largest absolute Gasteiger partial charge is 0.380 e. The van der Waals surface area contributed by atoms with E-state index < -0.39 is 0 Å². The SMILES string of the molecule is Cc1ccc(NCc2cc(C)sc2C)cn1. The molecule has 2 aromatic heterocycles. The summed E-state index contributed by atoms with van der Waals surface area (Å²) in [4.78, 5) is 7.02. The molecule has 84 valence electrons. The van der Waals surface area contributed by atoms with Crippen LogP contribution in [0.2, 0.25) is 0 Å². The Balaban J connectivity index is 2.02. The quantitative estimate of drug-likeness (QED) is 0.873. The van der Waals surface area contributed by atoms with E-state index in [2.05, 4.69) is 36.3 Å². The zero-order valence-corrected chi connectivity index (χ0v) is 10.7. The van der Waals surface area contributed by atoms with Crippen LogP contribution in [0.3, 0.4) is 0 Å². The number of thiophene rings is 1. The van der Waals surface area contributed by atoms with Crippen molar-refractivity contribution in [1.82, 2.24) is 4.98 Å². The first-order valence-corrected chi connectivity index (χ1v) is 6.19. The van der Waals surface area contributed by atoms with Gasteiger partial charge in [0.15, 0.2) is 0 Å². The van der Waals surface area contributed by atoms with E-state index in [1.165, 1.54) is 15.3 Å². The maximum atomic E-state index is 4.26. The summed E-state index contributed by atoms with van der Waals surface area (Å²) in [6, 6.07) is 6.33. The molecule has 0 saturated heterocycles. The minimum absolute atomic E-state index is 0.876. The highest BCUT2D eigenvalue weighted by Crippen LogP contribution is 2.21. The first-order valence-electron chi connectivity index (χ1n) is 5.37. The van der Waals surface area contributed by atoms with Gasteiger partial charge in [-0.15, -0.1) is 11.3 Å². The summed E-state index contributed by atoms with van der Waals surface area (Å²) >= 11 is 1.85. The molecule has 2 heterocycles. The van der Waals surface area contributed by atoms with Crippen LogP contribution in [0.1, 0.15) is 21.0 Å². The Morgan fingerprint density at radius 2 is 2.06 bits per heavy atom. The molecule has 0 aliphatic heterocycles. The first-order chi connectivity index (χ1) is 7.65. The first kappa shape index (κ1) is 11.1. The third kappa shape index (κ3) is 2.61. The molecule has 2 rings (SSSR count). The van der Waals surface area contributed by atoms with E-state index in [1.807, 2.05) is 30.5 Å². The molecule has 2 aromatic rings. The number of nitrogens with zero attached hydrogens (tertiary/aromatic N) is 1. The van der Waals surface area contributed by atoms with Crippen LogP contribution in [0.5, 0.6) is 0 Å². The molecule has 0 saturated carbocycles. The lowest BCUT2D eigenvalue weighted by atomic mass is 10.2. The summed E-state index contributed by atoms with van der Waals surface area (Å²) in [6.45, 7) is 7.19. The number of hydrogen-bond acceptors (Lipinski definition) is 3. The number of hydrogen-bond donors (Lipinski definition) is 1. The van der Waals surface area contributed by atoms with E-state index in [9.17, 15) is 0 Å². The van der Waals surface area contributed by atoms with Crippen LogP contribution in [-0.4, -0.2) is 4.98 Å². The van der Waals surface area contributed by atoms with Crippen molar-refractivity contribution >= 4 is 17.0 Å². The molecule has 0 unspecified atom stereocenters. The highest BCUT2D eigenvalue weighted by Gasteiger charge is 2.02. The van der Waals surface area contributed by atoms with Crippen molar-refractivity contribution in [2.75, 3.05) is 5.32 Å². The van der Waals surface area contributed by atoms with Crippen LogP contribution in [0, 0.1) is 20.8 Å². The van der Waals surface area contributed by atoms with Crippen molar-refractivity contribution in [1.29, 1.82) is 0 Å². The van der Waals surface area contributed by atoms with Crippen molar-refractivity contribution in [3.05, 3.63) is 45.4 Å². The van der Waals surface area contributed by atoms with Crippen molar-refractivity contribution in [3.63, 3.8) is 0 Å². The number of aryl methyl sites for hydroxylation is 3. The van der Waals surface area contributed by atoms with E-state index in [-0.39, 0.29) is 0 Å². The monoisotopic (exact) mass is 232 g/mol. The van der Waals surface area contributed by atoms with Gasteiger partial charge in [-0.25, -0.2) is 0 Å².